The van der Waals surface area contributed by atoms with Crippen LogP contribution in [0.5, 0.6) is 0 Å². The van der Waals surface area contributed by atoms with Gasteiger partial charge in [0, 0.05) is 0 Å². The van der Waals surface area contributed by atoms with E-state index in [0.717, 1.165) is 0 Å². The van der Waals surface area contributed by atoms with Crippen LogP contribution in [0.2, 0.25) is 0 Å². The minimum absolute atomic E-state index is 0.592. The van der Waals surface area contributed by atoms with Gasteiger partial charge in [-0.15, -0.1) is 6.58 Å². The largest absolute Gasteiger partial charge is 0.103 e. The van der Waals surface area contributed by atoms with E-state index in [1.165, 1.54) is 19.3 Å². The molecule has 0 aromatic carbocycles. The fraction of sp³-hybridized carbons (Fsp3) is 0.700. The van der Waals surface area contributed by atoms with Gasteiger partial charge in [-0.2, -0.15) is 0 Å². The summed E-state index contributed by atoms with van der Waals surface area (Å²) in [6, 6.07) is 0. The summed E-state index contributed by atoms with van der Waals surface area (Å²) in [4.78, 5) is 0. The van der Waals surface area contributed by atoms with Crippen molar-refractivity contribution in [3.8, 4) is 0 Å². The van der Waals surface area contributed by atoms with E-state index in [9.17, 15) is 0 Å². The summed E-state index contributed by atoms with van der Waals surface area (Å²) in [5.74, 6) is 1.30. The third-order valence-corrected chi connectivity index (χ3v) is 1.89. The van der Waals surface area contributed by atoms with Crippen LogP contribution in [0.25, 0.3) is 0 Å². The summed E-state index contributed by atoms with van der Waals surface area (Å²) in [5, 5.41) is 0. The average molecular weight is 139 g/mol. The minimum Gasteiger partial charge on any atom is -0.103 e. The third-order valence-electron chi connectivity index (χ3n) is 1.89. The van der Waals surface area contributed by atoms with Gasteiger partial charge in [0.2, 0.25) is 0 Å². The van der Waals surface area contributed by atoms with Crippen LogP contribution in [0.4, 0.5) is 0 Å². The first-order valence-electron chi connectivity index (χ1n) is 4.16. The van der Waals surface area contributed by atoms with Crippen molar-refractivity contribution in [2.75, 3.05) is 0 Å². The van der Waals surface area contributed by atoms with Crippen LogP contribution in [0, 0.1) is 18.8 Å². The summed E-state index contributed by atoms with van der Waals surface area (Å²) in [6.07, 6.45) is 5.76. The molecule has 0 heterocycles. The van der Waals surface area contributed by atoms with Gasteiger partial charge in [0.1, 0.15) is 0 Å². The molecule has 0 amide bonds. The molecule has 1 radical (unpaired) electrons. The zero-order chi connectivity index (χ0) is 7.98. The number of hydrogen-bond acceptors (Lipinski definition) is 0. The lowest BCUT2D eigenvalue weighted by Crippen LogP contribution is -1.97. The summed E-state index contributed by atoms with van der Waals surface area (Å²) in [6.45, 7) is 12.1. The predicted octanol–water partition coefficient (Wildman–Crippen LogP) is 3.45. The standard InChI is InChI=1S/C10H19/c1-5-10(6-2)8-7-9(3)4/h5,9-10H,1,3,6-8H2,2,4H3. The van der Waals surface area contributed by atoms with Gasteiger partial charge >= 0.3 is 0 Å². The molecule has 10 heavy (non-hydrogen) atoms. The molecule has 2 atom stereocenters. The molecule has 0 aliphatic rings. The normalized spacial score (nSPS) is 13.6. The number of rotatable bonds is 5. The lowest BCUT2D eigenvalue weighted by molar-refractivity contribution is 0.496. The van der Waals surface area contributed by atoms with E-state index < -0.39 is 0 Å². The maximum atomic E-state index is 3.94. The fourth-order valence-corrected chi connectivity index (χ4v) is 0.987. The van der Waals surface area contributed by atoms with Crippen molar-refractivity contribution in [3.63, 3.8) is 0 Å². The van der Waals surface area contributed by atoms with Gasteiger partial charge in [0.05, 0.1) is 0 Å². The smallest absolute Gasteiger partial charge is 0.0239 e. The molecule has 59 valence electrons. The lowest BCUT2D eigenvalue weighted by atomic mass is 9.96. The van der Waals surface area contributed by atoms with E-state index in [2.05, 4.69) is 33.4 Å². The number of allylic oxidation sites excluding steroid dienone is 1. The minimum atomic E-state index is 0.592. The third kappa shape index (κ3) is 4.60. The highest BCUT2D eigenvalue weighted by molar-refractivity contribution is 4.78. The van der Waals surface area contributed by atoms with Crippen LogP contribution < -0.4 is 0 Å². The van der Waals surface area contributed by atoms with Crippen molar-refractivity contribution in [2.24, 2.45) is 11.8 Å². The van der Waals surface area contributed by atoms with E-state index in [4.69, 9.17) is 0 Å². The first kappa shape index (κ1) is 9.74. The second kappa shape index (κ2) is 5.52. The molecule has 0 N–H and O–H groups in total. The van der Waals surface area contributed by atoms with Gasteiger partial charge in [-0.3, -0.25) is 0 Å². The first-order chi connectivity index (χ1) is 4.70. The molecule has 0 aliphatic heterocycles. The monoisotopic (exact) mass is 139 g/mol. The molecule has 0 aliphatic carbocycles. The van der Waals surface area contributed by atoms with E-state index in [-0.39, 0.29) is 0 Å². The van der Waals surface area contributed by atoms with Crippen molar-refractivity contribution in [1.82, 2.24) is 0 Å². The average Bonchev–Trinajstić information content (AvgIpc) is 1.90. The molecule has 0 saturated heterocycles. The molecule has 0 bridgehead atoms. The predicted molar refractivity (Wildman–Crippen MR) is 47.7 cm³/mol. The van der Waals surface area contributed by atoms with Crippen LogP contribution in [0.3, 0.4) is 0 Å². The Balaban J connectivity index is 3.34. The Labute approximate surface area is 65.3 Å². The van der Waals surface area contributed by atoms with Gasteiger partial charge < -0.3 is 0 Å². The van der Waals surface area contributed by atoms with Crippen LogP contribution >= 0.6 is 0 Å². The highest BCUT2D eigenvalue weighted by atomic mass is 14.1. The highest BCUT2D eigenvalue weighted by Gasteiger charge is 2.01. The fourth-order valence-electron chi connectivity index (χ4n) is 0.987. The first-order valence-corrected chi connectivity index (χ1v) is 4.16. The second-order valence-electron chi connectivity index (χ2n) is 3.09. The maximum Gasteiger partial charge on any atom is -0.0239 e. The van der Waals surface area contributed by atoms with Crippen molar-refractivity contribution >= 4 is 0 Å². The molecule has 2 unspecified atom stereocenters. The van der Waals surface area contributed by atoms with Crippen molar-refractivity contribution < 1.29 is 0 Å². The van der Waals surface area contributed by atoms with E-state index in [1.54, 1.807) is 0 Å². The molecule has 0 aromatic rings. The number of hydrogen-bond donors (Lipinski definition) is 0. The van der Waals surface area contributed by atoms with E-state index in [1.807, 2.05) is 0 Å². The summed E-state index contributed by atoms with van der Waals surface area (Å²) in [7, 11) is 0. The van der Waals surface area contributed by atoms with Gasteiger partial charge in [-0.1, -0.05) is 33.3 Å². The quantitative estimate of drug-likeness (QED) is 0.512. The molecule has 0 rings (SSSR count). The van der Waals surface area contributed by atoms with Gasteiger partial charge in [-0.25, -0.2) is 0 Å². The van der Waals surface area contributed by atoms with Gasteiger partial charge in [0.15, 0.2) is 0 Å². The maximum absolute atomic E-state index is 3.94. The topological polar surface area (TPSA) is 0 Å². The molecule has 0 saturated carbocycles. The van der Waals surface area contributed by atoms with Crippen LogP contribution in [-0.4, -0.2) is 0 Å². The summed E-state index contributed by atoms with van der Waals surface area (Å²) in [5.41, 5.74) is 0. The van der Waals surface area contributed by atoms with Crippen LogP contribution in [-0.2, 0) is 0 Å². The van der Waals surface area contributed by atoms with Crippen molar-refractivity contribution in [1.29, 1.82) is 0 Å². The Hall–Kier alpha value is -0.260. The Morgan fingerprint density at radius 1 is 1.40 bits per heavy atom. The Morgan fingerprint density at radius 3 is 2.30 bits per heavy atom. The lowest BCUT2D eigenvalue weighted by Gasteiger charge is -2.10. The SMILES string of the molecule is [CH2]C(C)CCC(C=C)CC. The summed E-state index contributed by atoms with van der Waals surface area (Å²) >= 11 is 0. The molecule has 0 fully saturated rings. The Morgan fingerprint density at radius 2 is 2.00 bits per heavy atom. The molecule has 0 heteroatoms. The van der Waals surface area contributed by atoms with Crippen LogP contribution in [0.1, 0.15) is 33.1 Å². The summed E-state index contributed by atoms with van der Waals surface area (Å²) < 4.78 is 0. The van der Waals surface area contributed by atoms with Crippen LogP contribution in [0.15, 0.2) is 12.7 Å². The van der Waals surface area contributed by atoms with Gasteiger partial charge in [-0.05, 0) is 24.7 Å². The molecular weight excluding hydrogens is 120 g/mol. The second-order valence-corrected chi connectivity index (χ2v) is 3.09. The zero-order valence-corrected chi connectivity index (χ0v) is 7.27. The Bertz CT molecular complexity index is 82.0. The molecule has 0 aromatic heterocycles. The van der Waals surface area contributed by atoms with Crippen molar-refractivity contribution in [3.05, 3.63) is 19.6 Å². The molecule has 0 spiro atoms. The van der Waals surface area contributed by atoms with Gasteiger partial charge in [0.25, 0.3) is 0 Å². The molecular formula is C10H19. The van der Waals surface area contributed by atoms with Crippen molar-refractivity contribution in [2.45, 2.75) is 33.1 Å². The van der Waals surface area contributed by atoms with E-state index >= 15 is 0 Å². The van der Waals surface area contributed by atoms with E-state index in [0.29, 0.717) is 11.8 Å². The molecule has 0 nitrogen and oxygen atoms in total. The zero-order valence-electron chi connectivity index (χ0n) is 7.27. The Kier molecular flexibility index (Phi) is 5.38. The highest BCUT2D eigenvalue weighted by Crippen LogP contribution is 2.15.